The first-order chi connectivity index (χ1) is 8.92. The van der Waals surface area contributed by atoms with E-state index in [0.29, 0.717) is 0 Å². The maximum absolute atomic E-state index is 4.22. The van der Waals surface area contributed by atoms with Crippen LogP contribution in [0.2, 0.25) is 0 Å². The summed E-state index contributed by atoms with van der Waals surface area (Å²) in [5, 5.41) is 10.8. The number of hydrogen-bond donors (Lipinski definition) is 0. The molecule has 0 aliphatic rings. The average Bonchev–Trinajstić information content (AvgIpc) is 2.46. The van der Waals surface area contributed by atoms with Gasteiger partial charge in [0.25, 0.3) is 0 Å². The number of azo groups is 1. The van der Waals surface area contributed by atoms with Crippen LogP contribution in [-0.2, 0) is 0 Å². The van der Waals surface area contributed by atoms with Crippen LogP contribution in [0.15, 0.2) is 77.0 Å². The molecule has 3 rings (SSSR count). The third-order valence-corrected chi connectivity index (χ3v) is 2.70. The first-order valence-electron chi connectivity index (χ1n) is 5.79. The lowest BCUT2D eigenvalue weighted by molar-refractivity contribution is 1.23. The Labute approximate surface area is 106 Å². The van der Waals surface area contributed by atoms with Crippen LogP contribution in [-0.4, -0.2) is 0 Å². The molecular formula is C16H11N2. The van der Waals surface area contributed by atoms with Crippen LogP contribution in [0.4, 0.5) is 11.4 Å². The molecule has 85 valence electrons. The van der Waals surface area contributed by atoms with E-state index >= 15 is 0 Å². The van der Waals surface area contributed by atoms with Crippen molar-refractivity contribution in [2.24, 2.45) is 10.2 Å². The summed E-state index contributed by atoms with van der Waals surface area (Å²) < 4.78 is 0. The smallest absolute Gasteiger partial charge is 0.0936 e. The summed E-state index contributed by atoms with van der Waals surface area (Å²) in [6, 6.07) is 24.8. The summed E-state index contributed by atoms with van der Waals surface area (Å²) in [6.07, 6.45) is 0. The maximum atomic E-state index is 4.22. The zero-order chi connectivity index (χ0) is 12.2. The van der Waals surface area contributed by atoms with Gasteiger partial charge in [0.15, 0.2) is 0 Å². The predicted molar refractivity (Wildman–Crippen MR) is 73.4 cm³/mol. The van der Waals surface area contributed by atoms with E-state index in [-0.39, 0.29) is 0 Å². The van der Waals surface area contributed by atoms with E-state index in [1.807, 2.05) is 48.5 Å². The minimum atomic E-state index is 0.741. The van der Waals surface area contributed by atoms with E-state index in [0.717, 1.165) is 11.4 Å². The summed E-state index contributed by atoms with van der Waals surface area (Å²) in [4.78, 5) is 0. The second kappa shape index (κ2) is 4.80. The van der Waals surface area contributed by atoms with Crippen molar-refractivity contribution in [3.8, 4) is 0 Å². The Hall–Kier alpha value is -2.48. The van der Waals surface area contributed by atoms with Crippen molar-refractivity contribution in [2.45, 2.75) is 0 Å². The van der Waals surface area contributed by atoms with Crippen molar-refractivity contribution in [1.82, 2.24) is 0 Å². The molecule has 0 saturated heterocycles. The molecule has 0 atom stereocenters. The molecule has 2 nitrogen and oxygen atoms in total. The molecule has 3 aromatic carbocycles. The molecule has 0 spiro atoms. The van der Waals surface area contributed by atoms with Gasteiger partial charge in [-0.1, -0.05) is 48.5 Å². The van der Waals surface area contributed by atoms with Gasteiger partial charge in [-0.3, -0.25) is 0 Å². The fourth-order valence-corrected chi connectivity index (χ4v) is 1.80. The fourth-order valence-electron chi connectivity index (χ4n) is 1.80. The number of hydrogen-bond acceptors (Lipinski definition) is 2. The highest BCUT2D eigenvalue weighted by atomic mass is 15.1. The van der Waals surface area contributed by atoms with E-state index in [9.17, 15) is 0 Å². The molecule has 3 aromatic rings. The van der Waals surface area contributed by atoms with Crippen LogP contribution in [0, 0.1) is 6.07 Å². The van der Waals surface area contributed by atoms with Crippen LogP contribution in [0.5, 0.6) is 0 Å². The van der Waals surface area contributed by atoms with Crippen molar-refractivity contribution in [3.05, 3.63) is 72.8 Å². The van der Waals surface area contributed by atoms with Gasteiger partial charge in [0.2, 0.25) is 0 Å². The number of nitrogens with zero attached hydrogens (tertiary/aromatic N) is 2. The summed E-state index contributed by atoms with van der Waals surface area (Å²) in [5.41, 5.74) is 1.59. The van der Waals surface area contributed by atoms with Gasteiger partial charge in [0.05, 0.1) is 11.4 Å². The highest BCUT2D eigenvalue weighted by molar-refractivity contribution is 5.85. The van der Waals surface area contributed by atoms with Crippen LogP contribution in [0.1, 0.15) is 0 Å². The molecule has 0 aliphatic heterocycles. The molecule has 18 heavy (non-hydrogen) atoms. The van der Waals surface area contributed by atoms with Crippen molar-refractivity contribution >= 4 is 22.1 Å². The van der Waals surface area contributed by atoms with Crippen molar-refractivity contribution < 1.29 is 0 Å². The normalized spacial score (nSPS) is 11.1. The minimum Gasteiger partial charge on any atom is -0.151 e. The number of benzene rings is 3. The van der Waals surface area contributed by atoms with Gasteiger partial charge < -0.3 is 0 Å². The predicted octanol–water partition coefficient (Wildman–Crippen LogP) is 5.06. The summed E-state index contributed by atoms with van der Waals surface area (Å²) >= 11 is 0. The van der Waals surface area contributed by atoms with E-state index in [4.69, 9.17) is 0 Å². The molecule has 2 heteroatoms. The first kappa shape index (κ1) is 10.7. The Morgan fingerprint density at radius 2 is 1.56 bits per heavy atom. The Balaban J connectivity index is 1.93. The highest BCUT2D eigenvalue weighted by Gasteiger charge is 1.94. The van der Waals surface area contributed by atoms with Gasteiger partial charge in [-0.05, 0) is 29.0 Å². The fraction of sp³-hybridized carbons (Fsp3) is 0. The third-order valence-electron chi connectivity index (χ3n) is 2.70. The van der Waals surface area contributed by atoms with E-state index in [2.05, 4.69) is 34.5 Å². The Morgan fingerprint density at radius 3 is 2.39 bits per heavy atom. The first-order valence-corrected chi connectivity index (χ1v) is 5.79. The molecule has 0 aromatic heterocycles. The minimum absolute atomic E-state index is 0.741. The zero-order valence-corrected chi connectivity index (χ0v) is 9.75. The molecule has 0 unspecified atom stereocenters. The SMILES string of the molecule is [c]1ccccc1/N=N/c1ccc2ccccc2c1. The molecule has 0 saturated carbocycles. The number of fused-ring (bicyclic) bond motifs is 1. The largest absolute Gasteiger partial charge is 0.151 e. The van der Waals surface area contributed by atoms with Gasteiger partial charge in [-0.15, -0.1) is 5.11 Å². The number of rotatable bonds is 2. The molecule has 0 heterocycles. The molecule has 0 bridgehead atoms. The van der Waals surface area contributed by atoms with Gasteiger partial charge in [-0.2, -0.15) is 5.11 Å². The van der Waals surface area contributed by atoms with Gasteiger partial charge in [0.1, 0.15) is 0 Å². The van der Waals surface area contributed by atoms with Crippen molar-refractivity contribution in [1.29, 1.82) is 0 Å². The molecule has 1 radical (unpaired) electrons. The Bertz CT molecular complexity index is 688. The van der Waals surface area contributed by atoms with Gasteiger partial charge in [0, 0.05) is 6.07 Å². The zero-order valence-electron chi connectivity index (χ0n) is 9.75. The quantitative estimate of drug-likeness (QED) is 0.551. The van der Waals surface area contributed by atoms with Crippen LogP contribution >= 0.6 is 0 Å². The molecular weight excluding hydrogens is 220 g/mol. The van der Waals surface area contributed by atoms with E-state index < -0.39 is 0 Å². The van der Waals surface area contributed by atoms with Crippen LogP contribution in [0.25, 0.3) is 10.8 Å². The average molecular weight is 231 g/mol. The van der Waals surface area contributed by atoms with Crippen molar-refractivity contribution in [3.63, 3.8) is 0 Å². The second-order valence-electron chi connectivity index (χ2n) is 3.98. The van der Waals surface area contributed by atoms with Gasteiger partial charge in [-0.25, -0.2) is 0 Å². The van der Waals surface area contributed by atoms with Gasteiger partial charge >= 0.3 is 0 Å². The summed E-state index contributed by atoms with van der Waals surface area (Å²) in [5.74, 6) is 0. The molecule has 0 aliphatic carbocycles. The third kappa shape index (κ3) is 2.28. The highest BCUT2D eigenvalue weighted by Crippen LogP contribution is 2.22. The lowest BCUT2D eigenvalue weighted by Crippen LogP contribution is -1.70. The maximum Gasteiger partial charge on any atom is 0.0936 e. The Morgan fingerprint density at radius 1 is 0.722 bits per heavy atom. The van der Waals surface area contributed by atoms with E-state index in [1.165, 1.54) is 10.8 Å². The Kier molecular flexibility index (Phi) is 2.84. The second-order valence-corrected chi connectivity index (χ2v) is 3.98. The van der Waals surface area contributed by atoms with Crippen molar-refractivity contribution in [2.75, 3.05) is 0 Å². The lowest BCUT2D eigenvalue weighted by atomic mass is 10.1. The molecule has 0 amide bonds. The standard InChI is InChI=1S/C16H11N2/c1-2-8-15(9-3-1)17-18-16-11-10-13-6-4-5-7-14(13)12-16/h1-8,10-12H/b18-17+. The molecule has 0 N–H and O–H groups in total. The topological polar surface area (TPSA) is 24.7 Å². The lowest BCUT2D eigenvalue weighted by Gasteiger charge is -1.98. The van der Waals surface area contributed by atoms with Crippen LogP contribution in [0.3, 0.4) is 0 Å². The van der Waals surface area contributed by atoms with E-state index in [1.54, 1.807) is 0 Å². The summed E-state index contributed by atoms with van der Waals surface area (Å²) in [7, 11) is 0. The summed E-state index contributed by atoms with van der Waals surface area (Å²) in [6.45, 7) is 0. The van der Waals surface area contributed by atoms with Crippen LogP contribution < -0.4 is 0 Å². The molecule has 0 fully saturated rings. The monoisotopic (exact) mass is 231 g/mol.